The van der Waals surface area contributed by atoms with Crippen molar-refractivity contribution in [2.45, 2.75) is 44.8 Å². The molecule has 1 saturated heterocycles. The molecule has 2 aliphatic rings. The lowest BCUT2D eigenvalue weighted by Gasteiger charge is -2.35. The van der Waals surface area contributed by atoms with E-state index in [4.69, 9.17) is 25.8 Å². The van der Waals surface area contributed by atoms with Crippen molar-refractivity contribution in [2.24, 2.45) is 0 Å². The van der Waals surface area contributed by atoms with Gasteiger partial charge in [-0.1, -0.05) is 35.9 Å². The SMILES string of the molecule is CC1=C(C(=O)OCc2ccccc2OCCS(=O)(=O)[O-])[C@H](c2ccc(Cl)nc2)CC(=O)N1CC1CCCO1.[NH4+]. The van der Waals surface area contributed by atoms with E-state index in [9.17, 15) is 22.6 Å². The van der Waals surface area contributed by atoms with Crippen LogP contribution in [0.25, 0.3) is 0 Å². The molecule has 0 spiro atoms. The van der Waals surface area contributed by atoms with Crippen LogP contribution in [0.4, 0.5) is 0 Å². The molecular formula is C26H32ClN3O8S. The predicted molar refractivity (Wildman–Crippen MR) is 142 cm³/mol. The molecule has 1 aromatic heterocycles. The molecule has 3 heterocycles. The number of esters is 1. The number of benzene rings is 1. The summed E-state index contributed by atoms with van der Waals surface area (Å²) >= 11 is 5.95. The highest BCUT2D eigenvalue weighted by Gasteiger charge is 2.38. The summed E-state index contributed by atoms with van der Waals surface area (Å²) in [4.78, 5) is 32.4. The van der Waals surface area contributed by atoms with Crippen LogP contribution in [0.3, 0.4) is 0 Å². The van der Waals surface area contributed by atoms with Crippen molar-refractivity contribution in [1.82, 2.24) is 16.0 Å². The number of hydrogen-bond acceptors (Lipinski definition) is 9. The third kappa shape index (κ3) is 7.99. The van der Waals surface area contributed by atoms with E-state index in [1.807, 2.05) is 0 Å². The lowest BCUT2D eigenvalue weighted by atomic mass is 9.84. The fraction of sp³-hybridized carbons (Fsp3) is 0.423. The van der Waals surface area contributed by atoms with Gasteiger partial charge in [-0.3, -0.25) is 4.79 Å². The second kappa shape index (κ2) is 13.4. The largest absolute Gasteiger partial charge is 0.748 e. The first-order chi connectivity index (χ1) is 18.1. The van der Waals surface area contributed by atoms with Crippen molar-refractivity contribution in [3.05, 3.63) is 70.1 Å². The number of aromatic nitrogens is 1. The van der Waals surface area contributed by atoms with Crippen LogP contribution >= 0.6 is 11.6 Å². The molecule has 0 aliphatic carbocycles. The molecule has 0 bridgehead atoms. The van der Waals surface area contributed by atoms with Crippen LogP contribution in [0.1, 0.15) is 43.2 Å². The number of quaternary nitrogens is 1. The Hall–Kier alpha value is -3.03. The summed E-state index contributed by atoms with van der Waals surface area (Å²) in [7, 11) is -4.43. The number of allylic oxidation sites excluding steroid dienone is 1. The lowest BCUT2D eigenvalue weighted by Crippen LogP contribution is -2.42. The molecular weight excluding hydrogens is 550 g/mol. The quantitative estimate of drug-likeness (QED) is 0.250. The van der Waals surface area contributed by atoms with Gasteiger partial charge in [0.05, 0.1) is 34.1 Å². The molecule has 0 radical (unpaired) electrons. The molecule has 1 aromatic carbocycles. The van der Waals surface area contributed by atoms with Crippen molar-refractivity contribution >= 4 is 33.6 Å². The number of pyridine rings is 1. The maximum atomic E-state index is 13.5. The summed E-state index contributed by atoms with van der Waals surface area (Å²) in [6, 6.07) is 10.00. The van der Waals surface area contributed by atoms with E-state index in [0.717, 1.165) is 12.8 Å². The number of para-hydroxylation sites is 1. The first-order valence-electron chi connectivity index (χ1n) is 12.2. The molecule has 4 rings (SSSR count). The lowest BCUT2D eigenvalue weighted by molar-refractivity contribution is -0.141. The number of ether oxygens (including phenoxy) is 3. The Labute approximate surface area is 232 Å². The van der Waals surface area contributed by atoms with Gasteiger partial charge in [0.15, 0.2) is 0 Å². The van der Waals surface area contributed by atoms with Crippen LogP contribution in [0, 0.1) is 0 Å². The minimum absolute atomic E-state index is 0. The molecule has 2 aliphatic heterocycles. The molecule has 2 aromatic rings. The van der Waals surface area contributed by atoms with Crippen molar-refractivity contribution in [3.8, 4) is 5.75 Å². The first kappa shape index (κ1) is 30.5. The maximum Gasteiger partial charge on any atom is 0.336 e. The van der Waals surface area contributed by atoms with Crippen LogP contribution in [0.2, 0.25) is 5.15 Å². The molecule has 1 unspecified atom stereocenters. The normalized spacial score (nSPS) is 19.6. The van der Waals surface area contributed by atoms with Crippen molar-refractivity contribution in [3.63, 3.8) is 0 Å². The number of halogens is 1. The molecule has 39 heavy (non-hydrogen) atoms. The maximum absolute atomic E-state index is 13.5. The smallest absolute Gasteiger partial charge is 0.336 e. The minimum atomic E-state index is -4.43. The van der Waals surface area contributed by atoms with Gasteiger partial charge in [-0.05, 0) is 37.5 Å². The standard InChI is InChI=1S/C26H29ClN2O8S.H3N/c1-17-25(26(31)37-16-19-5-2-3-7-22(19)36-11-12-38(32,33)34)21(18-8-9-23(27)28-14-18)13-24(30)29(17)15-20-6-4-10-35-20;/h2-3,5,7-9,14,20-21H,4,6,10-13,15-16H2,1H3,(H,32,33,34);1H3/t20?,21-;/m0./s1. The molecule has 2 atom stereocenters. The van der Waals surface area contributed by atoms with Crippen LogP contribution in [0.5, 0.6) is 5.75 Å². The summed E-state index contributed by atoms with van der Waals surface area (Å²) in [6.07, 6.45) is 3.27. The number of nitrogens with zero attached hydrogens (tertiary/aromatic N) is 2. The molecule has 1 amide bonds. The highest BCUT2D eigenvalue weighted by Crippen LogP contribution is 2.38. The Bertz CT molecular complexity index is 1310. The topological polar surface area (TPSA) is 172 Å². The zero-order chi connectivity index (χ0) is 27.3. The van der Waals surface area contributed by atoms with Gasteiger partial charge in [0.1, 0.15) is 24.1 Å². The van der Waals surface area contributed by atoms with Crippen molar-refractivity contribution < 1.29 is 36.8 Å². The second-order valence-electron chi connectivity index (χ2n) is 9.10. The second-order valence-corrected chi connectivity index (χ2v) is 11.0. The van der Waals surface area contributed by atoms with E-state index in [0.29, 0.717) is 46.5 Å². The number of carbonyl (C=O) groups is 2. The Balaban J connectivity index is 0.00000420. The van der Waals surface area contributed by atoms with Gasteiger partial charge < -0.3 is 29.8 Å². The van der Waals surface area contributed by atoms with Crippen LogP contribution < -0.4 is 10.9 Å². The van der Waals surface area contributed by atoms with Crippen LogP contribution in [-0.4, -0.2) is 66.3 Å². The Morgan fingerprint density at radius 2 is 2.03 bits per heavy atom. The van der Waals surface area contributed by atoms with Crippen LogP contribution in [-0.2, 0) is 35.8 Å². The first-order valence-corrected chi connectivity index (χ1v) is 14.1. The van der Waals surface area contributed by atoms with E-state index >= 15 is 0 Å². The average molecular weight is 582 g/mol. The summed E-state index contributed by atoms with van der Waals surface area (Å²) in [5.74, 6) is -1.69. The van der Waals surface area contributed by atoms with Gasteiger partial charge in [-0.15, -0.1) is 0 Å². The fourth-order valence-corrected chi connectivity index (χ4v) is 5.01. The van der Waals surface area contributed by atoms with E-state index < -0.39 is 27.8 Å². The van der Waals surface area contributed by atoms with Gasteiger partial charge in [0.25, 0.3) is 0 Å². The number of carbonyl (C=O) groups excluding carboxylic acids is 2. The van der Waals surface area contributed by atoms with Gasteiger partial charge >= 0.3 is 5.97 Å². The molecule has 11 nitrogen and oxygen atoms in total. The summed E-state index contributed by atoms with van der Waals surface area (Å²) in [6.45, 7) is 2.23. The fourth-order valence-electron chi connectivity index (χ4n) is 4.61. The molecule has 0 saturated carbocycles. The van der Waals surface area contributed by atoms with Gasteiger partial charge in [-0.25, -0.2) is 18.2 Å². The Morgan fingerprint density at radius 1 is 1.26 bits per heavy atom. The molecule has 212 valence electrons. The minimum Gasteiger partial charge on any atom is -0.748 e. The third-order valence-electron chi connectivity index (χ3n) is 6.53. The molecule has 1 fully saturated rings. The van der Waals surface area contributed by atoms with E-state index in [-0.39, 0.29) is 37.8 Å². The van der Waals surface area contributed by atoms with Gasteiger partial charge in [-0.2, -0.15) is 0 Å². The average Bonchev–Trinajstić information content (AvgIpc) is 3.38. The van der Waals surface area contributed by atoms with Gasteiger partial charge in [0.2, 0.25) is 5.91 Å². The summed E-state index contributed by atoms with van der Waals surface area (Å²) in [5, 5.41) is 0.294. The van der Waals surface area contributed by atoms with Crippen molar-refractivity contribution in [1.29, 1.82) is 0 Å². The van der Waals surface area contributed by atoms with Crippen LogP contribution in [0.15, 0.2) is 53.9 Å². The monoisotopic (exact) mass is 581 g/mol. The Kier molecular flexibility index (Phi) is 10.4. The van der Waals surface area contributed by atoms with E-state index in [2.05, 4.69) is 4.98 Å². The summed E-state index contributed by atoms with van der Waals surface area (Å²) in [5.41, 5.74) is 1.98. The number of rotatable bonds is 10. The van der Waals surface area contributed by atoms with Crippen molar-refractivity contribution in [2.75, 3.05) is 25.5 Å². The predicted octanol–water partition coefficient (Wildman–Crippen LogP) is 3.55. The highest BCUT2D eigenvalue weighted by atomic mass is 35.5. The van der Waals surface area contributed by atoms with Gasteiger partial charge in [0, 0.05) is 36.4 Å². The number of hydrogen-bond donors (Lipinski definition) is 1. The zero-order valence-electron chi connectivity index (χ0n) is 21.8. The zero-order valence-corrected chi connectivity index (χ0v) is 23.4. The highest BCUT2D eigenvalue weighted by molar-refractivity contribution is 7.85. The molecule has 4 N–H and O–H groups in total. The third-order valence-corrected chi connectivity index (χ3v) is 7.42. The van der Waals surface area contributed by atoms with E-state index in [1.54, 1.807) is 54.4 Å². The number of amides is 1. The summed E-state index contributed by atoms with van der Waals surface area (Å²) < 4.78 is 49.5. The van der Waals surface area contributed by atoms with E-state index in [1.165, 1.54) is 0 Å². The Morgan fingerprint density at radius 3 is 2.69 bits per heavy atom. The molecule has 13 heteroatoms.